The van der Waals surface area contributed by atoms with Crippen LogP contribution in [0.1, 0.15) is 48.4 Å². The highest BCUT2D eigenvalue weighted by molar-refractivity contribution is 5.95. The van der Waals surface area contributed by atoms with Crippen LogP contribution in [-0.4, -0.2) is 41.5 Å². The quantitative estimate of drug-likeness (QED) is 0.580. The second-order valence-corrected chi connectivity index (χ2v) is 7.37. The standard InChI is InChI=1S/C23H22F2N6O2/c1-4-28-19(20-29-8-5-9-30-20)18(27-3)14(2)31-21(32)15-10-16(23(13-26)6-7-23)12-17(11-15)33-22(24)25/h4-5,8-12,14,22H,3,6-7H2,1-2H3,(H,31,32)/b19-18-,28-4-. The second kappa shape index (κ2) is 10.1. The molecule has 1 atom stereocenters. The van der Waals surface area contributed by atoms with Crippen LogP contribution in [0.4, 0.5) is 8.78 Å². The fourth-order valence-electron chi connectivity index (χ4n) is 3.32. The lowest BCUT2D eigenvalue weighted by Crippen LogP contribution is -2.34. The Morgan fingerprint density at radius 2 is 2.03 bits per heavy atom. The minimum Gasteiger partial charge on any atom is -0.435 e. The average molecular weight is 452 g/mol. The molecule has 1 aliphatic rings. The summed E-state index contributed by atoms with van der Waals surface area (Å²) in [5, 5.41) is 12.3. The van der Waals surface area contributed by atoms with Crippen LogP contribution in [0.2, 0.25) is 0 Å². The van der Waals surface area contributed by atoms with E-state index in [1.54, 1.807) is 38.5 Å². The van der Waals surface area contributed by atoms with Gasteiger partial charge in [0.25, 0.3) is 5.91 Å². The molecule has 1 fully saturated rings. The molecule has 1 heterocycles. The van der Waals surface area contributed by atoms with E-state index in [-0.39, 0.29) is 11.3 Å². The molecular formula is C23H22F2N6O2. The summed E-state index contributed by atoms with van der Waals surface area (Å²) in [5.41, 5.74) is 0.411. The topological polar surface area (TPSA) is 113 Å². The Hall–Kier alpha value is -4.00. The van der Waals surface area contributed by atoms with Crippen molar-refractivity contribution < 1.29 is 18.3 Å². The van der Waals surface area contributed by atoms with E-state index >= 15 is 0 Å². The van der Waals surface area contributed by atoms with Crippen molar-refractivity contribution in [1.29, 1.82) is 5.26 Å². The average Bonchev–Trinajstić information content (AvgIpc) is 3.60. The summed E-state index contributed by atoms with van der Waals surface area (Å²) < 4.78 is 30.2. The monoisotopic (exact) mass is 452 g/mol. The molecule has 170 valence electrons. The normalized spacial score (nSPS) is 16.0. The van der Waals surface area contributed by atoms with E-state index in [1.165, 1.54) is 18.2 Å². The van der Waals surface area contributed by atoms with E-state index in [4.69, 9.17) is 0 Å². The molecule has 1 unspecified atom stereocenters. The number of nitrogens with one attached hydrogen (secondary N) is 1. The van der Waals surface area contributed by atoms with E-state index < -0.39 is 24.0 Å². The van der Waals surface area contributed by atoms with Crippen molar-refractivity contribution in [3.05, 3.63) is 59.3 Å². The SMILES string of the molecule is C=N/C(=C(\N=C/C)c1ncccn1)C(C)NC(=O)c1cc(OC(F)F)cc(C2(C#N)CC2)c1. The van der Waals surface area contributed by atoms with Crippen molar-refractivity contribution in [2.24, 2.45) is 9.98 Å². The van der Waals surface area contributed by atoms with Crippen molar-refractivity contribution in [2.45, 2.75) is 44.8 Å². The summed E-state index contributed by atoms with van der Waals surface area (Å²) in [6, 6.07) is 7.28. The molecule has 1 N–H and O–H groups in total. The van der Waals surface area contributed by atoms with Gasteiger partial charge >= 0.3 is 6.61 Å². The number of aliphatic imine (C=N–C) groups is 2. The number of nitriles is 1. The third kappa shape index (κ3) is 5.44. The van der Waals surface area contributed by atoms with Gasteiger partial charge in [0.05, 0.1) is 23.2 Å². The Morgan fingerprint density at radius 3 is 2.58 bits per heavy atom. The van der Waals surface area contributed by atoms with Crippen LogP contribution in [0.25, 0.3) is 5.70 Å². The van der Waals surface area contributed by atoms with Gasteiger partial charge in [-0.2, -0.15) is 14.0 Å². The van der Waals surface area contributed by atoms with Gasteiger partial charge in [0.1, 0.15) is 11.4 Å². The molecule has 0 aliphatic heterocycles. The number of ether oxygens (including phenoxy) is 1. The number of carbonyl (C=O) groups excluding carboxylic acids is 1. The molecular weight excluding hydrogens is 430 g/mol. The molecule has 1 aliphatic carbocycles. The molecule has 0 bridgehead atoms. The first-order valence-electron chi connectivity index (χ1n) is 10.1. The van der Waals surface area contributed by atoms with Crippen LogP contribution in [0.3, 0.4) is 0 Å². The Kier molecular flexibility index (Phi) is 7.23. The van der Waals surface area contributed by atoms with Gasteiger partial charge in [-0.3, -0.25) is 14.8 Å². The number of aromatic nitrogens is 2. The molecule has 33 heavy (non-hydrogen) atoms. The first kappa shape index (κ1) is 23.7. The molecule has 3 rings (SSSR count). The Balaban J connectivity index is 1.94. The predicted molar refractivity (Wildman–Crippen MR) is 119 cm³/mol. The summed E-state index contributed by atoms with van der Waals surface area (Å²) in [5.74, 6) is -0.445. The number of halogens is 2. The van der Waals surface area contributed by atoms with Crippen LogP contribution < -0.4 is 10.1 Å². The molecule has 1 aromatic carbocycles. The van der Waals surface area contributed by atoms with E-state index in [1.807, 2.05) is 0 Å². The number of benzene rings is 1. The maximum Gasteiger partial charge on any atom is 0.387 e. The first-order chi connectivity index (χ1) is 15.8. The smallest absolute Gasteiger partial charge is 0.387 e. The first-order valence-corrected chi connectivity index (χ1v) is 10.1. The third-order valence-corrected chi connectivity index (χ3v) is 5.12. The van der Waals surface area contributed by atoms with Crippen molar-refractivity contribution >= 4 is 24.5 Å². The third-order valence-electron chi connectivity index (χ3n) is 5.12. The maximum atomic E-state index is 13.0. The van der Waals surface area contributed by atoms with Crippen LogP contribution in [0.15, 0.2) is 52.3 Å². The molecule has 1 amide bonds. The molecule has 1 saturated carbocycles. The van der Waals surface area contributed by atoms with Crippen LogP contribution in [0.5, 0.6) is 5.75 Å². The number of amides is 1. The summed E-state index contributed by atoms with van der Waals surface area (Å²) in [4.78, 5) is 29.7. The van der Waals surface area contributed by atoms with E-state index in [2.05, 4.69) is 42.8 Å². The predicted octanol–water partition coefficient (Wildman–Crippen LogP) is 3.91. The van der Waals surface area contributed by atoms with Crippen molar-refractivity contribution in [3.8, 4) is 11.8 Å². The molecule has 10 heteroatoms. The lowest BCUT2D eigenvalue weighted by Gasteiger charge is -2.18. The number of nitrogens with zero attached hydrogens (tertiary/aromatic N) is 5. The minimum absolute atomic E-state index is 0.0800. The van der Waals surface area contributed by atoms with Gasteiger partial charge in [-0.15, -0.1) is 0 Å². The number of carbonyl (C=O) groups is 1. The second-order valence-electron chi connectivity index (χ2n) is 7.37. The van der Waals surface area contributed by atoms with E-state index in [0.717, 1.165) is 0 Å². The molecule has 0 spiro atoms. The van der Waals surface area contributed by atoms with Crippen LogP contribution in [-0.2, 0) is 5.41 Å². The molecule has 2 aromatic rings. The maximum absolute atomic E-state index is 13.0. The molecule has 1 aromatic heterocycles. The summed E-state index contributed by atoms with van der Waals surface area (Å²) in [6.07, 6.45) is 5.82. The van der Waals surface area contributed by atoms with E-state index in [0.29, 0.717) is 35.6 Å². The van der Waals surface area contributed by atoms with Gasteiger partial charge in [-0.1, -0.05) is 0 Å². The summed E-state index contributed by atoms with van der Waals surface area (Å²) >= 11 is 0. The lowest BCUT2D eigenvalue weighted by atomic mass is 9.95. The van der Waals surface area contributed by atoms with Gasteiger partial charge in [-0.05, 0) is 63.2 Å². The van der Waals surface area contributed by atoms with Crippen molar-refractivity contribution in [1.82, 2.24) is 15.3 Å². The van der Waals surface area contributed by atoms with Gasteiger partial charge in [0, 0.05) is 24.2 Å². The zero-order valence-electron chi connectivity index (χ0n) is 18.1. The highest BCUT2D eigenvalue weighted by atomic mass is 19.3. The van der Waals surface area contributed by atoms with Crippen LogP contribution >= 0.6 is 0 Å². The van der Waals surface area contributed by atoms with Crippen LogP contribution in [0, 0.1) is 11.3 Å². The summed E-state index contributed by atoms with van der Waals surface area (Å²) in [6.45, 7) is 3.90. The van der Waals surface area contributed by atoms with Crippen molar-refractivity contribution in [3.63, 3.8) is 0 Å². The molecule has 8 nitrogen and oxygen atoms in total. The van der Waals surface area contributed by atoms with Gasteiger partial charge in [0.2, 0.25) is 0 Å². The zero-order chi connectivity index (χ0) is 24.0. The number of rotatable bonds is 9. The molecule has 0 radical (unpaired) electrons. The largest absolute Gasteiger partial charge is 0.435 e. The minimum atomic E-state index is -3.06. The molecule has 0 saturated heterocycles. The number of alkyl halides is 2. The van der Waals surface area contributed by atoms with Gasteiger partial charge in [0.15, 0.2) is 5.82 Å². The van der Waals surface area contributed by atoms with Gasteiger partial charge in [-0.25, -0.2) is 9.97 Å². The number of hydrogen-bond acceptors (Lipinski definition) is 7. The highest BCUT2D eigenvalue weighted by Gasteiger charge is 2.45. The fraction of sp³-hybridized carbons (Fsp3) is 0.304. The summed E-state index contributed by atoms with van der Waals surface area (Å²) in [7, 11) is 0. The van der Waals surface area contributed by atoms with E-state index in [9.17, 15) is 18.8 Å². The highest BCUT2D eigenvalue weighted by Crippen LogP contribution is 2.48. The Morgan fingerprint density at radius 1 is 1.33 bits per heavy atom. The van der Waals surface area contributed by atoms with Gasteiger partial charge < -0.3 is 10.1 Å². The Labute approximate surface area is 189 Å². The lowest BCUT2D eigenvalue weighted by molar-refractivity contribution is -0.0499. The zero-order valence-corrected chi connectivity index (χ0v) is 18.1. The number of hydrogen-bond donors (Lipinski definition) is 1. The Bertz CT molecular complexity index is 1140. The fourth-order valence-corrected chi connectivity index (χ4v) is 3.32. The van der Waals surface area contributed by atoms with Crippen molar-refractivity contribution in [2.75, 3.05) is 0 Å².